The molecule has 0 saturated carbocycles. The number of carbonyl (C=O) groups excluding carboxylic acids is 1. The molecular weight excluding hydrogens is 276 g/mol. The van der Waals surface area contributed by atoms with E-state index in [4.69, 9.17) is 17.2 Å². The van der Waals surface area contributed by atoms with E-state index >= 15 is 0 Å². The third-order valence-corrected chi connectivity index (χ3v) is 3.95. The van der Waals surface area contributed by atoms with E-state index in [1.807, 2.05) is 54.5 Å². The third kappa shape index (κ3) is 5.71. The summed E-state index contributed by atoms with van der Waals surface area (Å²) in [6.07, 6.45) is 2.47. The molecule has 0 bridgehead atoms. The summed E-state index contributed by atoms with van der Waals surface area (Å²) < 4.78 is 11.2. The van der Waals surface area contributed by atoms with E-state index in [9.17, 15) is 4.79 Å². The molecule has 6 heteroatoms. The first kappa shape index (κ1) is 19.1. The molecule has 1 aliphatic rings. The smallest absolute Gasteiger partial charge is 0.410 e. The molecule has 0 aromatic carbocycles. The van der Waals surface area contributed by atoms with E-state index in [1.165, 1.54) is 0 Å². The van der Waals surface area contributed by atoms with E-state index in [-0.39, 0.29) is 6.09 Å². The molecule has 1 rings (SSSR count). The zero-order chi connectivity index (χ0) is 17.2. The van der Waals surface area contributed by atoms with Gasteiger partial charge in [0.25, 0.3) is 0 Å². The Bertz CT molecular complexity index is 434. The highest BCUT2D eigenvalue weighted by molar-refractivity contribution is 6.38. The van der Waals surface area contributed by atoms with Crippen LogP contribution in [0.4, 0.5) is 4.79 Å². The first-order valence-corrected chi connectivity index (χ1v) is 7.79. The van der Waals surface area contributed by atoms with E-state index in [0.717, 1.165) is 11.9 Å². The Morgan fingerprint density at radius 3 is 2.23 bits per heavy atom. The van der Waals surface area contributed by atoms with Crippen LogP contribution in [0.5, 0.6) is 0 Å². The fraction of sp³-hybridized carbons (Fsp3) is 0.812. The van der Waals surface area contributed by atoms with Gasteiger partial charge in [-0.15, -0.1) is 0 Å². The molecule has 121 valence electrons. The number of ether oxygens (including phenoxy) is 1. The Labute approximate surface area is 137 Å². The minimum absolute atomic E-state index is 0.271. The number of hydrogen-bond donors (Lipinski definition) is 0. The molecule has 0 aromatic heterocycles. The SMILES string of the molecule is [B]C(C)(C)C(C)(C)O[B]C1=CCN(C(=O)OC(C)(C)C)CC1. The Morgan fingerprint density at radius 1 is 1.23 bits per heavy atom. The lowest BCUT2D eigenvalue weighted by Crippen LogP contribution is -2.41. The van der Waals surface area contributed by atoms with Crippen molar-refractivity contribution in [1.82, 2.24) is 4.90 Å². The van der Waals surface area contributed by atoms with Crippen LogP contribution < -0.4 is 0 Å². The van der Waals surface area contributed by atoms with Crippen LogP contribution in [-0.4, -0.2) is 50.6 Å². The second-order valence-electron chi connectivity index (χ2n) is 7.92. The van der Waals surface area contributed by atoms with Crippen molar-refractivity contribution in [3.05, 3.63) is 11.5 Å². The molecule has 0 spiro atoms. The summed E-state index contributed by atoms with van der Waals surface area (Å²) in [7, 11) is 7.88. The lowest BCUT2D eigenvalue weighted by atomic mass is 9.61. The first-order chi connectivity index (χ1) is 9.82. The summed E-state index contributed by atoms with van der Waals surface area (Å²) >= 11 is 0. The van der Waals surface area contributed by atoms with Gasteiger partial charge in [-0.1, -0.05) is 25.4 Å². The van der Waals surface area contributed by atoms with Gasteiger partial charge in [0.05, 0.1) is 7.85 Å². The first-order valence-electron chi connectivity index (χ1n) is 7.79. The minimum Gasteiger partial charge on any atom is -0.444 e. The summed E-state index contributed by atoms with van der Waals surface area (Å²) in [6.45, 7) is 14.6. The molecule has 1 heterocycles. The van der Waals surface area contributed by atoms with Crippen LogP contribution >= 0.6 is 0 Å². The Morgan fingerprint density at radius 2 is 1.82 bits per heavy atom. The van der Waals surface area contributed by atoms with Gasteiger partial charge in [-0.2, -0.15) is 0 Å². The van der Waals surface area contributed by atoms with E-state index in [1.54, 1.807) is 12.4 Å². The minimum atomic E-state index is -0.465. The van der Waals surface area contributed by atoms with E-state index in [2.05, 4.69) is 0 Å². The van der Waals surface area contributed by atoms with Crippen molar-refractivity contribution >= 4 is 21.4 Å². The third-order valence-electron chi connectivity index (χ3n) is 3.95. The molecular formula is C16H28B2NO3. The van der Waals surface area contributed by atoms with Crippen molar-refractivity contribution in [3.63, 3.8) is 0 Å². The second-order valence-corrected chi connectivity index (χ2v) is 7.92. The van der Waals surface area contributed by atoms with Gasteiger partial charge in [-0.05, 0) is 46.4 Å². The Hall–Kier alpha value is -0.900. The van der Waals surface area contributed by atoms with Crippen LogP contribution in [0.3, 0.4) is 0 Å². The van der Waals surface area contributed by atoms with Crippen molar-refractivity contribution in [2.75, 3.05) is 13.1 Å². The van der Waals surface area contributed by atoms with Gasteiger partial charge in [-0.3, -0.25) is 0 Å². The molecule has 1 amide bonds. The summed E-state index contributed by atoms with van der Waals surface area (Å²) in [5.74, 6) is 0. The molecule has 22 heavy (non-hydrogen) atoms. The molecule has 0 saturated heterocycles. The molecule has 0 unspecified atom stereocenters. The van der Waals surface area contributed by atoms with Crippen molar-refractivity contribution in [2.24, 2.45) is 0 Å². The van der Waals surface area contributed by atoms with Crippen LogP contribution in [0.2, 0.25) is 5.31 Å². The maximum absolute atomic E-state index is 12.0. The van der Waals surface area contributed by atoms with Gasteiger partial charge < -0.3 is 14.3 Å². The average molecular weight is 304 g/mol. The van der Waals surface area contributed by atoms with Crippen LogP contribution in [0.1, 0.15) is 54.9 Å². The molecule has 4 nitrogen and oxygen atoms in total. The molecule has 0 fully saturated rings. The summed E-state index contributed by atoms with van der Waals surface area (Å²) in [6, 6.07) is 0. The predicted molar refractivity (Wildman–Crippen MR) is 91.2 cm³/mol. The van der Waals surface area contributed by atoms with Crippen molar-refractivity contribution in [2.45, 2.75) is 71.4 Å². The zero-order valence-electron chi connectivity index (χ0n) is 15.0. The summed E-state index contributed by atoms with van der Waals surface area (Å²) in [5, 5.41) is -0.443. The maximum atomic E-state index is 12.0. The maximum Gasteiger partial charge on any atom is 0.410 e. The summed E-state index contributed by atoms with van der Waals surface area (Å²) in [5.41, 5.74) is 0.153. The Balaban J connectivity index is 2.50. The lowest BCUT2D eigenvalue weighted by Gasteiger charge is -2.40. The quantitative estimate of drug-likeness (QED) is 0.748. The Kier molecular flexibility index (Phi) is 5.82. The zero-order valence-corrected chi connectivity index (χ0v) is 15.0. The largest absolute Gasteiger partial charge is 0.444 e. The lowest BCUT2D eigenvalue weighted by molar-refractivity contribution is 0.0265. The topological polar surface area (TPSA) is 38.8 Å². The number of carbonyl (C=O) groups is 1. The van der Waals surface area contributed by atoms with Crippen molar-refractivity contribution < 1.29 is 14.2 Å². The van der Waals surface area contributed by atoms with Crippen molar-refractivity contribution in [3.8, 4) is 0 Å². The van der Waals surface area contributed by atoms with Crippen molar-refractivity contribution in [1.29, 1.82) is 0 Å². The second kappa shape index (κ2) is 6.69. The average Bonchev–Trinajstić information content (AvgIpc) is 2.33. The summed E-state index contributed by atoms with van der Waals surface area (Å²) in [4.78, 5) is 13.7. The van der Waals surface area contributed by atoms with Crippen LogP contribution in [0.15, 0.2) is 11.5 Å². The van der Waals surface area contributed by atoms with Gasteiger partial charge in [-0.25, -0.2) is 4.79 Å². The molecule has 0 aliphatic carbocycles. The van der Waals surface area contributed by atoms with Gasteiger partial charge in [0.2, 0.25) is 0 Å². The number of nitrogens with zero attached hydrogens (tertiary/aromatic N) is 1. The van der Waals surface area contributed by atoms with E-state index in [0.29, 0.717) is 13.1 Å². The molecule has 0 aromatic rings. The standard InChI is InChI=1S/C16H28B2NO3/c1-14(2,3)21-13(20)19-10-8-12(9-11-19)18-22-16(6,7)15(4,5)17/h8H,9-11H2,1-7H3. The molecule has 0 N–H and O–H groups in total. The highest BCUT2D eigenvalue weighted by Crippen LogP contribution is 2.37. The van der Waals surface area contributed by atoms with Crippen LogP contribution in [-0.2, 0) is 9.39 Å². The van der Waals surface area contributed by atoms with Gasteiger partial charge >= 0.3 is 13.6 Å². The number of rotatable bonds is 4. The number of hydrogen-bond acceptors (Lipinski definition) is 3. The van der Waals surface area contributed by atoms with Gasteiger partial charge in [0.15, 0.2) is 0 Å². The predicted octanol–water partition coefficient (Wildman–Crippen LogP) is 3.29. The normalized spacial score (nSPS) is 17.0. The van der Waals surface area contributed by atoms with E-state index < -0.39 is 16.5 Å². The van der Waals surface area contributed by atoms with Crippen LogP contribution in [0.25, 0.3) is 0 Å². The number of amides is 1. The molecule has 1 aliphatic heterocycles. The van der Waals surface area contributed by atoms with Gasteiger partial charge in [0.1, 0.15) is 5.60 Å². The highest BCUT2D eigenvalue weighted by Gasteiger charge is 2.33. The molecule has 0 atom stereocenters. The monoisotopic (exact) mass is 304 g/mol. The van der Waals surface area contributed by atoms with Gasteiger partial charge in [0, 0.05) is 18.7 Å². The fourth-order valence-electron chi connectivity index (χ4n) is 1.66. The fourth-order valence-corrected chi connectivity index (χ4v) is 1.66. The van der Waals surface area contributed by atoms with Crippen LogP contribution in [0, 0.1) is 0 Å². The molecule has 3 radical (unpaired) electrons. The highest BCUT2D eigenvalue weighted by atomic mass is 16.6.